The van der Waals surface area contributed by atoms with Gasteiger partial charge in [0.15, 0.2) is 0 Å². The quantitative estimate of drug-likeness (QED) is 0.491. The van der Waals surface area contributed by atoms with Gasteiger partial charge in [0.2, 0.25) is 5.91 Å². The fourth-order valence-electron chi connectivity index (χ4n) is 4.50. The molecule has 6 nitrogen and oxygen atoms in total. The molecule has 4 aromatic rings. The molecule has 1 fully saturated rings. The highest BCUT2D eigenvalue weighted by molar-refractivity contribution is 5.81. The van der Waals surface area contributed by atoms with Gasteiger partial charge >= 0.3 is 0 Å². The minimum Gasteiger partial charge on any atom is -0.343 e. The number of rotatable bonds is 6. The zero-order chi connectivity index (χ0) is 21.9. The predicted molar refractivity (Wildman–Crippen MR) is 121 cm³/mol. The van der Waals surface area contributed by atoms with E-state index in [1.807, 2.05) is 17.3 Å². The molecule has 0 saturated carbocycles. The lowest BCUT2D eigenvalue weighted by atomic mass is 9.96. The number of piperidine rings is 1. The number of nitrogens with one attached hydrogen (secondary N) is 1. The first-order valence-corrected chi connectivity index (χ1v) is 11.1. The van der Waals surface area contributed by atoms with E-state index in [-0.39, 0.29) is 11.7 Å². The maximum absolute atomic E-state index is 13.0. The van der Waals surface area contributed by atoms with Crippen LogP contribution >= 0.6 is 0 Å². The summed E-state index contributed by atoms with van der Waals surface area (Å²) in [4.78, 5) is 19.3. The summed E-state index contributed by atoms with van der Waals surface area (Å²) < 4.78 is 15.3. The maximum atomic E-state index is 13.0. The molecule has 1 saturated heterocycles. The number of nitrogens with zero attached hydrogens (tertiary/aromatic N) is 4. The Bertz CT molecular complexity index is 1190. The number of carbonyl (C=O) groups is 1. The summed E-state index contributed by atoms with van der Waals surface area (Å²) in [5, 5.41) is 7.97. The second kappa shape index (κ2) is 8.94. The third-order valence-corrected chi connectivity index (χ3v) is 6.40. The molecule has 0 unspecified atom stereocenters. The van der Waals surface area contributed by atoms with Crippen molar-refractivity contribution in [2.45, 2.75) is 32.2 Å². The largest absolute Gasteiger partial charge is 0.343 e. The monoisotopic (exact) mass is 431 g/mol. The van der Waals surface area contributed by atoms with Crippen LogP contribution in [0.4, 0.5) is 4.39 Å². The lowest BCUT2D eigenvalue weighted by molar-refractivity contribution is -0.132. The van der Waals surface area contributed by atoms with Gasteiger partial charge in [-0.1, -0.05) is 12.1 Å². The van der Waals surface area contributed by atoms with E-state index in [9.17, 15) is 9.18 Å². The summed E-state index contributed by atoms with van der Waals surface area (Å²) in [5.41, 5.74) is 4.08. The van der Waals surface area contributed by atoms with Gasteiger partial charge in [0.1, 0.15) is 11.5 Å². The third kappa shape index (κ3) is 4.42. The second-order valence-corrected chi connectivity index (χ2v) is 8.54. The number of aromatic nitrogens is 4. The number of pyridine rings is 1. The zero-order valence-corrected chi connectivity index (χ0v) is 17.9. The Hall–Kier alpha value is -3.48. The van der Waals surface area contributed by atoms with Crippen molar-refractivity contribution in [3.8, 4) is 11.1 Å². The number of fused-ring (bicyclic) bond motifs is 1. The van der Waals surface area contributed by atoms with Crippen LogP contribution in [0.1, 0.15) is 24.8 Å². The average Bonchev–Trinajstić information content (AvgIpc) is 3.49. The minimum absolute atomic E-state index is 0.188. The SMILES string of the molecule is O=C(CCc1ccc(F)cc1)N1CCC(Cn2ccc3cc(-c4cn[nH]c4)cnc32)CC1. The Morgan fingerprint density at radius 1 is 1.09 bits per heavy atom. The van der Waals surface area contributed by atoms with Crippen LogP contribution in [0, 0.1) is 11.7 Å². The van der Waals surface area contributed by atoms with Gasteiger partial charge in [-0.2, -0.15) is 5.10 Å². The van der Waals surface area contributed by atoms with Gasteiger partial charge in [-0.05, 0) is 55.0 Å². The van der Waals surface area contributed by atoms with E-state index in [1.165, 1.54) is 12.1 Å². The molecule has 1 amide bonds. The molecule has 32 heavy (non-hydrogen) atoms. The molecule has 1 aliphatic heterocycles. The van der Waals surface area contributed by atoms with Crippen LogP contribution in [0.25, 0.3) is 22.2 Å². The first kappa shape index (κ1) is 20.4. The number of aromatic amines is 1. The van der Waals surface area contributed by atoms with Crippen molar-refractivity contribution >= 4 is 16.9 Å². The van der Waals surface area contributed by atoms with Crippen molar-refractivity contribution < 1.29 is 9.18 Å². The van der Waals surface area contributed by atoms with Crippen LogP contribution in [0.2, 0.25) is 0 Å². The predicted octanol–water partition coefficient (Wildman–Crippen LogP) is 4.44. The number of aryl methyl sites for hydroxylation is 1. The number of hydrogen-bond donors (Lipinski definition) is 1. The molecule has 7 heteroatoms. The lowest BCUT2D eigenvalue weighted by Gasteiger charge is -2.32. The first-order chi connectivity index (χ1) is 15.7. The standard InChI is InChI=1S/C25H26FN5O/c26-23-4-1-18(2-5-23)3-6-24(32)30-10-7-19(8-11-30)17-31-12-9-20-13-21(14-27-25(20)31)22-15-28-29-16-22/h1-2,4-5,9,12-16,19H,3,6-8,10-11,17H2,(H,28,29). The molecule has 1 aromatic carbocycles. The first-order valence-electron chi connectivity index (χ1n) is 11.1. The van der Waals surface area contributed by atoms with Crippen LogP contribution in [0.3, 0.4) is 0 Å². The average molecular weight is 432 g/mol. The maximum Gasteiger partial charge on any atom is 0.222 e. The summed E-state index contributed by atoms with van der Waals surface area (Å²) in [6.07, 6.45) is 10.8. The Kier molecular flexibility index (Phi) is 5.71. The Labute approximate surface area is 186 Å². The van der Waals surface area contributed by atoms with Crippen LogP contribution in [-0.4, -0.2) is 43.6 Å². The lowest BCUT2D eigenvalue weighted by Crippen LogP contribution is -2.39. The van der Waals surface area contributed by atoms with Crippen molar-refractivity contribution in [3.05, 3.63) is 72.6 Å². The van der Waals surface area contributed by atoms with Gasteiger partial charge in [-0.3, -0.25) is 9.89 Å². The smallest absolute Gasteiger partial charge is 0.222 e. The topological polar surface area (TPSA) is 66.8 Å². The number of H-pyrrole nitrogens is 1. The summed E-state index contributed by atoms with van der Waals surface area (Å²) in [6.45, 7) is 2.51. The van der Waals surface area contributed by atoms with E-state index in [0.717, 1.165) is 60.2 Å². The highest BCUT2D eigenvalue weighted by Crippen LogP contribution is 2.25. The van der Waals surface area contributed by atoms with E-state index < -0.39 is 0 Å². The van der Waals surface area contributed by atoms with E-state index >= 15 is 0 Å². The van der Waals surface area contributed by atoms with Crippen LogP contribution < -0.4 is 0 Å². The number of likely N-dealkylation sites (tertiary alicyclic amines) is 1. The summed E-state index contributed by atoms with van der Waals surface area (Å²) >= 11 is 0. The second-order valence-electron chi connectivity index (χ2n) is 8.54. The molecule has 0 aliphatic carbocycles. The Morgan fingerprint density at radius 2 is 1.91 bits per heavy atom. The molecular formula is C25H26FN5O. The molecule has 3 aromatic heterocycles. The zero-order valence-electron chi connectivity index (χ0n) is 17.9. The minimum atomic E-state index is -0.244. The molecule has 4 heterocycles. The summed E-state index contributed by atoms with van der Waals surface area (Å²) in [5.74, 6) is 0.473. The molecule has 0 bridgehead atoms. The van der Waals surface area contributed by atoms with Gasteiger partial charge in [0, 0.05) is 61.2 Å². The van der Waals surface area contributed by atoms with Crippen LogP contribution in [-0.2, 0) is 17.8 Å². The Balaban J connectivity index is 1.15. The van der Waals surface area contributed by atoms with Gasteiger partial charge in [-0.15, -0.1) is 0 Å². The molecule has 0 radical (unpaired) electrons. The van der Waals surface area contributed by atoms with E-state index in [4.69, 9.17) is 4.98 Å². The highest BCUT2D eigenvalue weighted by atomic mass is 19.1. The van der Waals surface area contributed by atoms with Gasteiger partial charge < -0.3 is 9.47 Å². The normalized spacial score (nSPS) is 14.8. The molecular weight excluding hydrogens is 405 g/mol. The van der Waals surface area contributed by atoms with Crippen LogP contribution in [0.15, 0.2) is 61.2 Å². The van der Waals surface area contributed by atoms with Gasteiger partial charge in [0.25, 0.3) is 0 Å². The third-order valence-electron chi connectivity index (χ3n) is 6.40. The van der Waals surface area contributed by atoms with Crippen molar-refractivity contribution in [3.63, 3.8) is 0 Å². The van der Waals surface area contributed by atoms with E-state index in [0.29, 0.717) is 18.8 Å². The fourth-order valence-corrected chi connectivity index (χ4v) is 4.50. The number of amides is 1. The van der Waals surface area contributed by atoms with Crippen molar-refractivity contribution in [2.24, 2.45) is 5.92 Å². The number of hydrogen-bond acceptors (Lipinski definition) is 3. The molecule has 1 N–H and O–H groups in total. The van der Waals surface area contributed by atoms with Gasteiger partial charge in [0.05, 0.1) is 6.20 Å². The molecule has 0 atom stereocenters. The molecule has 5 rings (SSSR count). The van der Waals surface area contributed by atoms with E-state index in [1.54, 1.807) is 18.3 Å². The van der Waals surface area contributed by atoms with Crippen LogP contribution in [0.5, 0.6) is 0 Å². The molecule has 1 aliphatic rings. The fraction of sp³-hybridized carbons (Fsp3) is 0.320. The number of halogens is 1. The number of carbonyl (C=O) groups excluding carboxylic acids is 1. The Morgan fingerprint density at radius 3 is 2.66 bits per heavy atom. The van der Waals surface area contributed by atoms with Crippen molar-refractivity contribution in [1.29, 1.82) is 0 Å². The van der Waals surface area contributed by atoms with Gasteiger partial charge in [-0.25, -0.2) is 9.37 Å². The van der Waals surface area contributed by atoms with Crippen molar-refractivity contribution in [1.82, 2.24) is 24.6 Å². The summed E-state index contributed by atoms with van der Waals surface area (Å²) in [7, 11) is 0. The molecule has 164 valence electrons. The number of benzene rings is 1. The van der Waals surface area contributed by atoms with Crippen molar-refractivity contribution in [2.75, 3.05) is 13.1 Å². The van der Waals surface area contributed by atoms with E-state index in [2.05, 4.69) is 33.1 Å². The summed E-state index contributed by atoms with van der Waals surface area (Å²) in [6, 6.07) is 10.7. The highest BCUT2D eigenvalue weighted by Gasteiger charge is 2.23. The molecule has 0 spiro atoms.